The fraction of sp³-hybridized carbons (Fsp3) is 0.350. The van der Waals surface area contributed by atoms with Crippen molar-refractivity contribution in [2.75, 3.05) is 11.9 Å². The van der Waals surface area contributed by atoms with E-state index < -0.39 is 0 Å². The highest BCUT2D eigenvalue weighted by molar-refractivity contribution is 5.94. The Labute approximate surface area is 143 Å². The minimum absolute atomic E-state index is 0.0368. The van der Waals surface area contributed by atoms with E-state index in [4.69, 9.17) is 4.74 Å². The number of amides is 1. The highest BCUT2D eigenvalue weighted by Gasteiger charge is 2.17. The molecule has 2 aromatic rings. The predicted octanol–water partition coefficient (Wildman–Crippen LogP) is 3.58. The predicted molar refractivity (Wildman–Crippen MR) is 96.0 cm³/mol. The van der Waals surface area contributed by atoms with Gasteiger partial charge in [0.15, 0.2) is 0 Å². The number of rotatable bonds is 6. The average molecular weight is 324 g/mol. The molecule has 0 radical (unpaired) electrons. The quantitative estimate of drug-likeness (QED) is 0.854. The normalized spacial score (nSPS) is 14.3. The molecule has 0 fully saturated rings. The first-order chi connectivity index (χ1) is 11.6. The zero-order valence-corrected chi connectivity index (χ0v) is 14.2. The molecule has 2 N–H and O–H groups in total. The largest absolute Gasteiger partial charge is 0.380 e. The topological polar surface area (TPSA) is 50.4 Å². The Morgan fingerprint density at radius 1 is 1.08 bits per heavy atom. The van der Waals surface area contributed by atoms with Crippen LogP contribution in [0.5, 0.6) is 0 Å². The van der Waals surface area contributed by atoms with Crippen molar-refractivity contribution < 1.29 is 9.53 Å². The van der Waals surface area contributed by atoms with E-state index in [2.05, 4.69) is 24.5 Å². The maximum atomic E-state index is 12.4. The molecule has 1 atom stereocenters. The summed E-state index contributed by atoms with van der Waals surface area (Å²) in [5.74, 6) is 0.365. The number of carbonyl (C=O) groups excluding carboxylic acids is 1. The minimum Gasteiger partial charge on any atom is -0.380 e. The highest BCUT2D eigenvalue weighted by Crippen LogP contribution is 2.21. The Balaban J connectivity index is 1.61. The number of fused-ring (bicyclic) bond motifs is 1. The van der Waals surface area contributed by atoms with Crippen LogP contribution in [0.2, 0.25) is 0 Å². The summed E-state index contributed by atoms with van der Waals surface area (Å²) in [4.78, 5) is 12.4. The second-order valence-corrected chi connectivity index (χ2v) is 6.55. The number of ether oxygens (including phenoxy) is 1. The molecule has 2 aromatic carbocycles. The fourth-order valence-electron chi connectivity index (χ4n) is 2.82. The number of hydrogen-bond acceptors (Lipinski definition) is 3. The number of nitrogens with one attached hydrogen (secondary N) is 2. The van der Waals surface area contributed by atoms with E-state index in [0.717, 1.165) is 11.3 Å². The summed E-state index contributed by atoms with van der Waals surface area (Å²) in [6.07, 6.45) is 0. The van der Waals surface area contributed by atoms with E-state index in [-0.39, 0.29) is 11.9 Å². The molecule has 1 heterocycles. The van der Waals surface area contributed by atoms with E-state index in [1.165, 1.54) is 5.56 Å². The minimum atomic E-state index is -0.0368. The van der Waals surface area contributed by atoms with Gasteiger partial charge in [0, 0.05) is 23.8 Å². The molecule has 0 aliphatic carbocycles. The van der Waals surface area contributed by atoms with Gasteiger partial charge in [0.1, 0.15) is 0 Å². The Bertz CT molecular complexity index is 698. The first-order valence-corrected chi connectivity index (χ1v) is 8.43. The average Bonchev–Trinajstić information content (AvgIpc) is 3.06. The van der Waals surface area contributed by atoms with Gasteiger partial charge in [-0.25, -0.2) is 0 Å². The van der Waals surface area contributed by atoms with Gasteiger partial charge in [0.05, 0.1) is 13.2 Å². The van der Waals surface area contributed by atoms with Gasteiger partial charge in [0.25, 0.3) is 5.91 Å². The van der Waals surface area contributed by atoms with Crippen LogP contribution in [0, 0.1) is 5.92 Å². The summed E-state index contributed by atoms with van der Waals surface area (Å²) in [7, 11) is 0. The Morgan fingerprint density at radius 3 is 2.58 bits per heavy atom. The van der Waals surface area contributed by atoms with E-state index in [9.17, 15) is 4.79 Å². The Hall–Kier alpha value is -2.33. The second kappa shape index (κ2) is 7.49. The summed E-state index contributed by atoms with van der Waals surface area (Å²) >= 11 is 0. The molecule has 0 bridgehead atoms. The van der Waals surface area contributed by atoms with Crippen LogP contribution >= 0.6 is 0 Å². The molecule has 126 valence electrons. The van der Waals surface area contributed by atoms with Gasteiger partial charge in [-0.1, -0.05) is 38.1 Å². The van der Waals surface area contributed by atoms with Gasteiger partial charge in [-0.05, 0) is 41.3 Å². The zero-order valence-electron chi connectivity index (χ0n) is 14.2. The number of carbonyl (C=O) groups is 1. The highest BCUT2D eigenvalue weighted by atomic mass is 16.5. The Morgan fingerprint density at radius 2 is 1.83 bits per heavy atom. The van der Waals surface area contributed by atoms with E-state index in [1.54, 1.807) is 0 Å². The molecule has 0 saturated carbocycles. The van der Waals surface area contributed by atoms with E-state index >= 15 is 0 Å². The van der Waals surface area contributed by atoms with Crippen LogP contribution in [-0.4, -0.2) is 18.5 Å². The van der Waals surface area contributed by atoms with Gasteiger partial charge < -0.3 is 15.4 Å². The van der Waals surface area contributed by atoms with Crippen molar-refractivity contribution in [1.29, 1.82) is 0 Å². The monoisotopic (exact) mass is 324 g/mol. The molecule has 1 aliphatic rings. The van der Waals surface area contributed by atoms with Crippen LogP contribution < -0.4 is 10.6 Å². The summed E-state index contributed by atoms with van der Waals surface area (Å²) in [6, 6.07) is 16.1. The van der Waals surface area contributed by atoms with Gasteiger partial charge >= 0.3 is 0 Å². The van der Waals surface area contributed by atoms with Crippen molar-refractivity contribution in [3.8, 4) is 0 Å². The van der Waals surface area contributed by atoms with Gasteiger partial charge in [-0.15, -0.1) is 0 Å². The van der Waals surface area contributed by atoms with Crippen LogP contribution in [-0.2, 0) is 18.0 Å². The zero-order chi connectivity index (χ0) is 16.9. The summed E-state index contributed by atoms with van der Waals surface area (Å²) in [6.45, 7) is 6.13. The van der Waals surface area contributed by atoms with Crippen LogP contribution in [0.1, 0.15) is 35.3 Å². The lowest BCUT2D eigenvalue weighted by Gasteiger charge is -2.24. The van der Waals surface area contributed by atoms with E-state index in [1.807, 2.05) is 48.5 Å². The first kappa shape index (κ1) is 16.5. The van der Waals surface area contributed by atoms with Crippen LogP contribution in [0.4, 0.5) is 5.69 Å². The van der Waals surface area contributed by atoms with Crippen molar-refractivity contribution in [3.63, 3.8) is 0 Å². The molecule has 0 saturated heterocycles. The summed E-state index contributed by atoms with van der Waals surface area (Å²) in [5.41, 5.74) is 4.06. The lowest BCUT2D eigenvalue weighted by Crippen LogP contribution is -2.39. The third kappa shape index (κ3) is 3.95. The third-order valence-corrected chi connectivity index (χ3v) is 4.40. The second-order valence-electron chi connectivity index (χ2n) is 6.55. The molecule has 1 aliphatic heterocycles. The van der Waals surface area contributed by atoms with Crippen LogP contribution in [0.3, 0.4) is 0 Å². The van der Waals surface area contributed by atoms with Crippen molar-refractivity contribution >= 4 is 11.6 Å². The number of hydrogen-bond donors (Lipinski definition) is 2. The molecule has 0 aromatic heterocycles. The first-order valence-electron chi connectivity index (χ1n) is 8.43. The molecular formula is C20H24N2O2. The molecule has 24 heavy (non-hydrogen) atoms. The molecule has 4 heteroatoms. The van der Waals surface area contributed by atoms with Crippen molar-refractivity contribution in [3.05, 3.63) is 65.2 Å². The van der Waals surface area contributed by atoms with Gasteiger partial charge in [0.2, 0.25) is 0 Å². The molecule has 0 spiro atoms. The van der Waals surface area contributed by atoms with Crippen molar-refractivity contribution in [1.82, 2.24) is 5.32 Å². The lowest BCUT2D eigenvalue weighted by molar-refractivity contribution is 0.0950. The molecule has 3 rings (SSSR count). The van der Waals surface area contributed by atoms with Crippen LogP contribution in [0.25, 0.3) is 0 Å². The summed E-state index contributed by atoms with van der Waals surface area (Å²) < 4.78 is 5.40. The SMILES string of the molecule is CC(C)C(CNC(=O)c1ccc2c(c1)COC2)Nc1ccccc1. The smallest absolute Gasteiger partial charge is 0.251 e. The van der Waals surface area contributed by atoms with Crippen LogP contribution in [0.15, 0.2) is 48.5 Å². The number of anilines is 1. The van der Waals surface area contributed by atoms with E-state index in [0.29, 0.717) is 31.2 Å². The van der Waals surface area contributed by atoms with Crippen molar-refractivity contribution in [2.24, 2.45) is 5.92 Å². The summed E-state index contributed by atoms with van der Waals surface area (Å²) in [5, 5.41) is 6.54. The fourth-order valence-corrected chi connectivity index (χ4v) is 2.82. The third-order valence-electron chi connectivity index (χ3n) is 4.40. The molecule has 1 amide bonds. The number of benzene rings is 2. The van der Waals surface area contributed by atoms with Gasteiger partial charge in [-0.2, -0.15) is 0 Å². The molecule has 4 nitrogen and oxygen atoms in total. The maximum Gasteiger partial charge on any atom is 0.251 e. The molecular weight excluding hydrogens is 300 g/mol. The Kier molecular flexibility index (Phi) is 5.16. The lowest BCUT2D eigenvalue weighted by atomic mass is 10.0. The maximum absolute atomic E-state index is 12.4. The number of para-hydroxylation sites is 1. The van der Waals surface area contributed by atoms with Crippen molar-refractivity contribution in [2.45, 2.75) is 33.1 Å². The van der Waals surface area contributed by atoms with Gasteiger partial charge in [-0.3, -0.25) is 4.79 Å². The standard InChI is InChI=1S/C20H24N2O2/c1-14(2)19(22-18-6-4-3-5-7-18)11-21-20(23)15-8-9-16-12-24-13-17(16)10-15/h3-10,14,19,22H,11-13H2,1-2H3,(H,21,23). The molecule has 1 unspecified atom stereocenters.